The summed E-state index contributed by atoms with van der Waals surface area (Å²) in [6.45, 7) is 13.4. The van der Waals surface area contributed by atoms with Crippen LogP contribution in [0.2, 0.25) is 0 Å². The van der Waals surface area contributed by atoms with Crippen molar-refractivity contribution >= 4 is 123 Å². The number of aliphatic carboxylic acids is 1. The molecule has 3 heterocycles. The predicted octanol–water partition coefficient (Wildman–Crippen LogP) is -0.200. The normalized spacial score (nSPS) is 23.8. The molecule has 0 aliphatic carbocycles. The van der Waals surface area contributed by atoms with E-state index in [-0.39, 0.29) is 101 Å². The zero-order valence-corrected chi connectivity index (χ0v) is 78.2. The number of fused-ring (bicyclic) bond motifs is 2. The molecule has 2 fully saturated rings. The zero-order chi connectivity index (χ0) is 98.9. The number of aromatic amines is 1. The van der Waals surface area contributed by atoms with E-state index in [0.29, 0.717) is 33.2 Å². The molecular formula is C95H129N19O20S. The van der Waals surface area contributed by atoms with Crippen molar-refractivity contribution in [3.63, 3.8) is 0 Å². The molecule has 5 aromatic carbocycles. The summed E-state index contributed by atoms with van der Waals surface area (Å²) >= 11 is 0.721. The number of primary amides is 1. The van der Waals surface area contributed by atoms with E-state index in [1.54, 1.807) is 128 Å². The van der Waals surface area contributed by atoms with Gasteiger partial charge in [-0.1, -0.05) is 171 Å². The van der Waals surface area contributed by atoms with Crippen LogP contribution in [-0.4, -0.2) is 254 Å². The van der Waals surface area contributed by atoms with Crippen molar-refractivity contribution in [2.45, 2.75) is 230 Å². The molecule has 135 heavy (non-hydrogen) atoms. The number of carbonyl (C=O) groups excluding carboxylic acids is 16. The molecule has 1 aromatic heterocycles. The van der Waals surface area contributed by atoms with E-state index in [1.165, 1.54) is 36.1 Å². The topological polar surface area (TPSA) is 616 Å². The van der Waals surface area contributed by atoms with E-state index in [4.69, 9.17) is 17.2 Å². The van der Waals surface area contributed by atoms with E-state index in [0.717, 1.165) is 22.9 Å². The van der Waals surface area contributed by atoms with Gasteiger partial charge in [-0.15, -0.1) is 11.8 Å². The number of carboxylic acid groups (broad SMARTS) is 1. The third kappa shape index (κ3) is 32.8. The largest absolute Gasteiger partial charge is 0.508 e. The summed E-state index contributed by atoms with van der Waals surface area (Å²) in [5.41, 5.74) is 21.7. The summed E-state index contributed by atoms with van der Waals surface area (Å²) in [6.07, 6.45) is -0.661. The van der Waals surface area contributed by atoms with Crippen LogP contribution in [0.25, 0.3) is 22.0 Å². The third-order valence-corrected chi connectivity index (χ3v) is 24.0. The Labute approximate surface area is 787 Å². The first-order chi connectivity index (χ1) is 64.2. The number of nitrogens with one attached hydrogen (secondary N) is 15. The first-order valence-corrected chi connectivity index (χ1v) is 46.6. The lowest BCUT2D eigenvalue weighted by atomic mass is 9.97. The van der Waals surface area contributed by atoms with Crippen molar-refractivity contribution in [1.82, 2.24) is 84.3 Å². The molecule has 39 nitrogen and oxygen atoms in total. The molecule has 0 bridgehead atoms. The second kappa shape index (κ2) is 52.4. The van der Waals surface area contributed by atoms with Gasteiger partial charge in [0.2, 0.25) is 94.5 Å². The Bertz CT molecular complexity index is 5100. The summed E-state index contributed by atoms with van der Waals surface area (Å²) in [7, 11) is 0. The molecule has 40 heteroatoms. The number of carboxylic acids is 1. The summed E-state index contributed by atoms with van der Waals surface area (Å²) in [5.74, 6) is -20.6. The SMILES string of the molecule is CC(C)C[C@@H]1NC(=O)[C@H](Cc2c[nH]c3ccccc23)NC(=O)[C@H](CC(=O)O)NC(=O)[C@H](Cc2ccc(O)cc2)NC(=O)[C@H](Cc2ccccc2)NC(=O)CSC[C@@H](C(=O)N[C@@H](C)C(N)=O)NC(=O)[C@H](CO)NC(=O)[C@H](C(C)C)NC(=O)[C@H](CC(C)C)NC(=O)[C@H](CCN)NC(=O)[C@H]2CCCN2C(=O)[C@H](CCCN)NC(=O)[C@H](C(C)C)NC(=O)[C@H](Cc2ccc(-c3ccccc3)cc2)NC1=O. The summed E-state index contributed by atoms with van der Waals surface area (Å²) in [4.78, 5) is 253. The molecule has 15 atom stereocenters. The number of H-pyrrole nitrogens is 1. The van der Waals surface area contributed by atoms with Gasteiger partial charge in [-0.3, -0.25) is 81.5 Å². The Balaban J connectivity index is 1.20. The lowest BCUT2D eigenvalue weighted by Gasteiger charge is -2.32. The maximum absolute atomic E-state index is 15.5. The molecule has 0 saturated carbocycles. The number of phenols is 1. The number of benzene rings is 5. The highest BCUT2D eigenvalue weighted by Gasteiger charge is 2.43. The number of aromatic nitrogens is 1. The zero-order valence-electron chi connectivity index (χ0n) is 77.3. The van der Waals surface area contributed by atoms with Gasteiger partial charge in [-0.05, 0) is 140 Å². The number of aliphatic hydroxyl groups excluding tert-OH is 1. The number of hydrogen-bond acceptors (Lipinski definition) is 22. The van der Waals surface area contributed by atoms with E-state index >= 15 is 38.4 Å². The highest BCUT2D eigenvalue weighted by molar-refractivity contribution is 8.00. The van der Waals surface area contributed by atoms with Gasteiger partial charge < -0.3 is 117 Å². The minimum absolute atomic E-state index is 0.00765. The van der Waals surface area contributed by atoms with Crippen LogP contribution < -0.4 is 91.6 Å². The van der Waals surface area contributed by atoms with E-state index in [9.17, 15) is 58.5 Å². The van der Waals surface area contributed by atoms with Crippen molar-refractivity contribution in [3.8, 4) is 16.9 Å². The Morgan fingerprint density at radius 2 is 0.896 bits per heavy atom. The number of carbonyl (C=O) groups is 17. The Morgan fingerprint density at radius 1 is 0.459 bits per heavy atom. The molecule has 2 aliphatic heterocycles. The summed E-state index contributed by atoms with van der Waals surface area (Å²) in [5, 5.41) is 69.1. The summed E-state index contributed by atoms with van der Waals surface area (Å²) < 4.78 is 0. The quantitative estimate of drug-likeness (QED) is 0.0334. The fourth-order valence-electron chi connectivity index (χ4n) is 15.6. The number of para-hydroxylation sites is 1. The van der Waals surface area contributed by atoms with Crippen LogP contribution in [0.5, 0.6) is 5.75 Å². The number of thioether (sulfide) groups is 1. The van der Waals surface area contributed by atoms with Crippen LogP contribution in [-0.2, 0) is 107 Å². The number of nitrogens with two attached hydrogens (primary N) is 3. The van der Waals surface area contributed by atoms with E-state index in [1.807, 2.05) is 42.5 Å². The van der Waals surface area contributed by atoms with Crippen molar-refractivity contribution in [1.29, 1.82) is 0 Å². The van der Waals surface area contributed by atoms with Crippen LogP contribution in [0.4, 0.5) is 0 Å². The maximum atomic E-state index is 15.5. The van der Waals surface area contributed by atoms with E-state index in [2.05, 4.69) is 79.4 Å². The van der Waals surface area contributed by atoms with Crippen molar-refractivity contribution in [2.24, 2.45) is 40.9 Å². The van der Waals surface area contributed by atoms with Crippen LogP contribution >= 0.6 is 11.8 Å². The standard InChI is InChI=1S/C95H129N19O20S/c1-51(2)40-67-83(122)107-71(43-57-28-32-60(33-29-57)59-22-14-11-15-23-59)89(128)113-79(53(5)6)93(132)103-66(26-18-37-96)95(134)114-39-19-27-76(114)92(131)102-65(36-38-97)82(121)104-68(41-52(3)4)88(127)112-80(54(7)8)94(133)110-74(48-115)90(129)111-75(91(130)100-55(9)81(98)120)49-135-50-77(117)101-69(42-56-20-12-10-13-21-56)84(123)106-70(44-58-30-34-62(116)35-31-58)85(124)109-73(46-78(118)119)87(126)108-72(86(125)105-67)45-61-47-99-64-25-17-16-24-63(61)64/h10-17,20-25,28-35,47,51-55,65-76,79-80,99,115-116H,18-19,26-27,36-46,48-50,96-97H2,1-9H3,(H2,98,120)(H,100,130)(H,101,117)(H,102,131)(H,103,132)(H,104,121)(H,105,125)(H,106,123)(H,107,122)(H,108,126)(H,109,124)(H,110,133)(H,111,129)(H,112,127)(H,113,128)(H,118,119)/t55-,65-,66-,67-,68-,69-,70-,71-,72-,73-,74-,75-,76+,79-,80-/m0/s1. The molecule has 2 saturated heterocycles. The number of rotatable bonds is 26. The minimum atomic E-state index is -2.06. The van der Waals surface area contributed by atoms with Crippen LogP contribution in [0.15, 0.2) is 140 Å². The number of aromatic hydroxyl groups is 1. The molecule has 0 radical (unpaired) electrons. The Morgan fingerprint density at radius 3 is 1.42 bits per heavy atom. The second-order valence-electron chi connectivity index (χ2n) is 35.5. The number of phenolic OH excluding ortho intramolecular Hbond substituents is 1. The maximum Gasteiger partial charge on any atom is 0.305 e. The molecule has 0 spiro atoms. The van der Waals surface area contributed by atoms with Crippen molar-refractivity contribution < 1.29 is 96.8 Å². The van der Waals surface area contributed by atoms with E-state index < -0.39 is 234 Å². The van der Waals surface area contributed by atoms with Crippen LogP contribution in [0, 0.1) is 23.7 Å². The minimum Gasteiger partial charge on any atom is -0.508 e. The summed E-state index contributed by atoms with van der Waals surface area (Å²) in [6, 6.07) is 13.7. The Hall–Kier alpha value is -13.3. The molecule has 730 valence electrons. The smallest absolute Gasteiger partial charge is 0.305 e. The van der Waals surface area contributed by atoms with Gasteiger partial charge >= 0.3 is 5.97 Å². The molecular weight excluding hydrogens is 1760 g/mol. The number of hydrogen-bond donors (Lipinski definition) is 21. The lowest BCUT2D eigenvalue weighted by molar-refractivity contribution is -0.143. The molecule has 2 aliphatic rings. The van der Waals surface area contributed by atoms with Crippen molar-refractivity contribution in [2.75, 3.05) is 37.7 Å². The molecule has 16 amide bonds. The fraction of sp³-hybridized carbons (Fsp3) is 0.484. The van der Waals surface area contributed by atoms with Gasteiger partial charge in [-0.2, -0.15) is 0 Å². The molecule has 8 rings (SSSR count). The van der Waals surface area contributed by atoms with Crippen LogP contribution in [0.1, 0.15) is 136 Å². The third-order valence-electron chi connectivity index (χ3n) is 23.0. The number of nitrogens with zero attached hydrogens (tertiary/aromatic N) is 1. The van der Waals surface area contributed by atoms with Gasteiger partial charge in [0.1, 0.15) is 96.4 Å². The average molecular weight is 1890 g/mol. The molecule has 24 N–H and O–H groups in total. The highest BCUT2D eigenvalue weighted by Crippen LogP contribution is 2.26. The van der Waals surface area contributed by atoms with Gasteiger partial charge in [0.25, 0.3) is 0 Å². The molecule has 6 aromatic rings. The lowest BCUT2D eigenvalue weighted by Crippen LogP contribution is -2.62. The van der Waals surface area contributed by atoms with Crippen molar-refractivity contribution in [3.05, 3.63) is 162 Å². The predicted molar refractivity (Wildman–Crippen MR) is 503 cm³/mol. The number of aliphatic hydroxyl groups is 1. The van der Waals surface area contributed by atoms with Gasteiger partial charge in [0.05, 0.1) is 18.8 Å². The van der Waals surface area contributed by atoms with Gasteiger partial charge in [-0.25, -0.2) is 0 Å². The molecule has 0 unspecified atom stereocenters. The van der Waals surface area contributed by atoms with Crippen LogP contribution in [0.3, 0.4) is 0 Å². The Kier molecular flexibility index (Phi) is 41.5. The fourth-order valence-corrected chi connectivity index (χ4v) is 16.5. The number of amides is 16. The average Bonchev–Trinajstić information content (AvgIpc) is 1.66. The monoisotopic (exact) mass is 1890 g/mol. The first-order valence-electron chi connectivity index (χ1n) is 45.4. The van der Waals surface area contributed by atoms with Gasteiger partial charge in [0.15, 0.2) is 0 Å². The van der Waals surface area contributed by atoms with Gasteiger partial charge in [0, 0.05) is 55.1 Å². The highest BCUT2D eigenvalue weighted by atomic mass is 32.2. The second-order valence-corrected chi connectivity index (χ2v) is 36.5. The first kappa shape index (κ1) is 107.